The van der Waals surface area contributed by atoms with Crippen LogP contribution in [0.25, 0.3) is 0 Å². The molecule has 0 fully saturated rings. The van der Waals surface area contributed by atoms with Gasteiger partial charge in [0.2, 0.25) is 11.8 Å². The van der Waals surface area contributed by atoms with Gasteiger partial charge in [0.15, 0.2) is 0 Å². The molecule has 0 saturated heterocycles. The van der Waals surface area contributed by atoms with E-state index >= 15 is 0 Å². The summed E-state index contributed by atoms with van der Waals surface area (Å²) in [4.78, 5) is 18.2. The van der Waals surface area contributed by atoms with Gasteiger partial charge in [0, 0.05) is 45.0 Å². The SMILES string of the molecule is CCn1cc(CN(C)C(=O)c2nc3n(n2)CCCN3)cn1. The van der Waals surface area contributed by atoms with E-state index in [1.807, 2.05) is 17.8 Å². The monoisotopic (exact) mass is 289 g/mol. The molecule has 3 heterocycles. The molecule has 0 radical (unpaired) electrons. The number of anilines is 1. The zero-order chi connectivity index (χ0) is 14.8. The first kappa shape index (κ1) is 13.6. The molecule has 0 atom stereocenters. The number of hydrogen-bond donors (Lipinski definition) is 1. The molecule has 112 valence electrons. The fraction of sp³-hybridized carbons (Fsp3) is 0.538. The van der Waals surface area contributed by atoms with Gasteiger partial charge in [0.1, 0.15) is 0 Å². The van der Waals surface area contributed by atoms with Gasteiger partial charge in [0.25, 0.3) is 5.91 Å². The number of hydrogen-bond acceptors (Lipinski definition) is 5. The lowest BCUT2D eigenvalue weighted by molar-refractivity contribution is 0.0772. The van der Waals surface area contributed by atoms with Crippen molar-refractivity contribution in [1.82, 2.24) is 29.4 Å². The van der Waals surface area contributed by atoms with Crippen LogP contribution in [0.3, 0.4) is 0 Å². The minimum absolute atomic E-state index is 0.178. The van der Waals surface area contributed by atoms with Gasteiger partial charge >= 0.3 is 0 Å². The number of nitrogens with one attached hydrogen (secondary N) is 1. The first-order chi connectivity index (χ1) is 10.2. The molecule has 8 heteroatoms. The highest BCUT2D eigenvalue weighted by molar-refractivity contribution is 5.90. The van der Waals surface area contributed by atoms with Crippen LogP contribution >= 0.6 is 0 Å². The quantitative estimate of drug-likeness (QED) is 0.890. The van der Waals surface area contributed by atoms with Crippen molar-refractivity contribution < 1.29 is 4.79 Å². The molecular formula is C13H19N7O. The number of carbonyl (C=O) groups excluding carboxylic acids is 1. The van der Waals surface area contributed by atoms with Crippen molar-refractivity contribution in [1.29, 1.82) is 0 Å². The average Bonchev–Trinajstić information content (AvgIpc) is 3.12. The Morgan fingerprint density at radius 2 is 2.38 bits per heavy atom. The molecule has 2 aromatic rings. The summed E-state index contributed by atoms with van der Waals surface area (Å²) < 4.78 is 3.59. The van der Waals surface area contributed by atoms with Crippen LogP contribution in [0.4, 0.5) is 5.95 Å². The van der Waals surface area contributed by atoms with E-state index in [-0.39, 0.29) is 11.7 Å². The van der Waals surface area contributed by atoms with Gasteiger partial charge in [-0.15, -0.1) is 5.10 Å². The van der Waals surface area contributed by atoms with Gasteiger partial charge in [-0.1, -0.05) is 0 Å². The summed E-state index contributed by atoms with van der Waals surface area (Å²) in [5.74, 6) is 0.740. The number of fused-ring (bicyclic) bond motifs is 1. The van der Waals surface area contributed by atoms with Gasteiger partial charge in [-0.2, -0.15) is 10.1 Å². The first-order valence-corrected chi connectivity index (χ1v) is 7.13. The van der Waals surface area contributed by atoms with Crippen molar-refractivity contribution >= 4 is 11.9 Å². The van der Waals surface area contributed by atoms with E-state index in [1.54, 1.807) is 22.8 Å². The zero-order valence-corrected chi connectivity index (χ0v) is 12.3. The lowest BCUT2D eigenvalue weighted by Crippen LogP contribution is -2.27. The van der Waals surface area contributed by atoms with Crippen LogP contribution < -0.4 is 5.32 Å². The molecule has 0 unspecified atom stereocenters. The highest BCUT2D eigenvalue weighted by Crippen LogP contribution is 2.12. The Labute approximate surface area is 122 Å². The van der Waals surface area contributed by atoms with Crippen molar-refractivity contribution in [2.45, 2.75) is 33.0 Å². The number of carbonyl (C=O) groups is 1. The maximum atomic E-state index is 12.4. The second kappa shape index (κ2) is 5.55. The second-order valence-corrected chi connectivity index (χ2v) is 5.13. The summed E-state index contributed by atoms with van der Waals surface area (Å²) in [7, 11) is 1.75. The third kappa shape index (κ3) is 2.74. The van der Waals surface area contributed by atoms with E-state index in [2.05, 4.69) is 20.5 Å². The Balaban J connectivity index is 1.70. The molecule has 8 nitrogen and oxygen atoms in total. The maximum absolute atomic E-state index is 12.4. The van der Waals surface area contributed by atoms with Crippen LogP contribution in [0.1, 0.15) is 29.5 Å². The summed E-state index contributed by atoms with van der Waals surface area (Å²) in [6.45, 7) is 5.01. The molecule has 3 rings (SSSR count). The maximum Gasteiger partial charge on any atom is 0.293 e. The zero-order valence-electron chi connectivity index (χ0n) is 12.3. The third-order valence-electron chi connectivity index (χ3n) is 3.47. The molecule has 1 aliphatic heterocycles. The highest BCUT2D eigenvalue weighted by Gasteiger charge is 2.21. The van der Waals surface area contributed by atoms with E-state index in [4.69, 9.17) is 0 Å². The molecule has 1 N–H and O–H groups in total. The number of aromatic nitrogens is 5. The smallest absolute Gasteiger partial charge is 0.293 e. The predicted octanol–water partition coefficient (Wildman–Crippen LogP) is 0.582. The number of amides is 1. The Kier molecular flexibility index (Phi) is 3.59. The number of rotatable bonds is 4. The topological polar surface area (TPSA) is 80.9 Å². The Bertz CT molecular complexity index is 621. The molecule has 0 aromatic carbocycles. The van der Waals surface area contributed by atoms with Gasteiger partial charge in [-0.05, 0) is 13.3 Å². The Hall–Kier alpha value is -2.38. The fourth-order valence-corrected chi connectivity index (χ4v) is 2.33. The molecule has 0 spiro atoms. The lowest BCUT2D eigenvalue weighted by atomic mass is 10.3. The summed E-state index contributed by atoms with van der Waals surface area (Å²) in [5.41, 5.74) is 0.995. The van der Waals surface area contributed by atoms with Crippen molar-refractivity contribution in [3.63, 3.8) is 0 Å². The summed E-state index contributed by atoms with van der Waals surface area (Å²) in [5, 5.41) is 11.6. The Morgan fingerprint density at radius 3 is 3.10 bits per heavy atom. The summed E-state index contributed by atoms with van der Waals surface area (Å²) in [6, 6.07) is 0. The van der Waals surface area contributed by atoms with E-state index < -0.39 is 0 Å². The minimum Gasteiger partial charge on any atom is -0.354 e. The molecule has 21 heavy (non-hydrogen) atoms. The third-order valence-corrected chi connectivity index (χ3v) is 3.47. The van der Waals surface area contributed by atoms with Gasteiger partial charge in [0.05, 0.1) is 6.20 Å². The second-order valence-electron chi connectivity index (χ2n) is 5.13. The normalized spacial score (nSPS) is 13.6. The number of nitrogens with zero attached hydrogens (tertiary/aromatic N) is 6. The van der Waals surface area contributed by atoms with Crippen LogP contribution in [0.2, 0.25) is 0 Å². The van der Waals surface area contributed by atoms with Gasteiger partial charge in [-0.25, -0.2) is 4.68 Å². The van der Waals surface area contributed by atoms with E-state index in [9.17, 15) is 4.79 Å². The van der Waals surface area contributed by atoms with Crippen LogP contribution in [0, 0.1) is 0 Å². The fourth-order valence-electron chi connectivity index (χ4n) is 2.33. The van der Waals surface area contributed by atoms with Crippen molar-refractivity contribution in [2.75, 3.05) is 18.9 Å². The van der Waals surface area contributed by atoms with Crippen LogP contribution in [0.5, 0.6) is 0 Å². The first-order valence-electron chi connectivity index (χ1n) is 7.13. The molecule has 0 aliphatic carbocycles. The number of aryl methyl sites for hydroxylation is 2. The highest BCUT2D eigenvalue weighted by atomic mass is 16.2. The van der Waals surface area contributed by atoms with Crippen LogP contribution in [-0.2, 0) is 19.6 Å². The predicted molar refractivity (Wildman–Crippen MR) is 76.8 cm³/mol. The molecule has 1 amide bonds. The molecule has 2 aromatic heterocycles. The van der Waals surface area contributed by atoms with Crippen molar-refractivity contribution in [3.8, 4) is 0 Å². The molecule has 0 saturated carbocycles. The van der Waals surface area contributed by atoms with E-state index in [0.29, 0.717) is 12.5 Å². The van der Waals surface area contributed by atoms with Crippen molar-refractivity contribution in [3.05, 3.63) is 23.8 Å². The molecule has 0 bridgehead atoms. The minimum atomic E-state index is -0.178. The molecule has 1 aliphatic rings. The van der Waals surface area contributed by atoms with E-state index in [1.165, 1.54) is 0 Å². The van der Waals surface area contributed by atoms with Gasteiger partial charge < -0.3 is 10.2 Å². The summed E-state index contributed by atoms with van der Waals surface area (Å²) >= 11 is 0. The summed E-state index contributed by atoms with van der Waals surface area (Å²) in [6.07, 6.45) is 4.72. The largest absolute Gasteiger partial charge is 0.354 e. The lowest BCUT2D eigenvalue weighted by Gasteiger charge is -2.13. The average molecular weight is 289 g/mol. The van der Waals surface area contributed by atoms with Crippen LogP contribution in [0.15, 0.2) is 12.4 Å². The van der Waals surface area contributed by atoms with Crippen molar-refractivity contribution in [2.24, 2.45) is 0 Å². The van der Waals surface area contributed by atoms with Gasteiger partial charge in [-0.3, -0.25) is 9.48 Å². The van der Waals surface area contributed by atoms with E-state index in [0.717, 1.165) is 31.6 Å². The van der Waals surface area contributed by atoms with Crippen LogP contribution in [-0.4, -0.2) is 48.9 Å². The standard InChI is InChI=1S/C13H19N7O/c1-3-19-9-10(7-15-19)8-18(2)12(21)11-16-13-14-5-4-6-20(13)17-11/h7,9H,3-6,8H2,1-2H3,(H,14,16,17). The molecular weight excluding hydrogens is 270 g/mol. The Morgan fingerprint density at radius 1 is 1.52 bits per heavy atom.